The van der Waals surface area contributed by atoms with Crippen molar-refractivity contribution in [2.75, 3.05) is 14.2 Å². The van der Waals surface area contributed by atoms with E-state index in [0.29, 0.717) is 20.6 Å². The minimum atomic E-state index is -0.332. The Bertz CT molecular complexity index is 1710. The molecule has 3 aromatic carbocycles. The predicted molar refractivity (Wildman–Crippen MR) is 140 cm³/mol. The Morgan fingerprint density at radius 3 is 2.56 bits per heavy atom. The third-order valence-electron chi connectivity index (χ3n) is 6.84. The SMILES string of the molecule is COc1ccccc1[C@H]1C2=C(N=c3s/c(=C\c4cccc(OC)c4O)c(=O)n31)c1ccccc1CC2. The molecule has 6 nitrogen and oxygen atoms in total. The summed E-state index contributed by atoms with van der Waals surface area (Å²) >= 11 is 1.32. The molecule has 180 valence electrons. The number of aromatic hydroxyl groups is 1. The zero-order valence-corrected chi connectivity index (χ0v) is 20.7. The summed E-state index contributed by atoms with van der Waals surface area (Å²) in [5.41, 5.74) is 5.72. The lowest BCUT2D eigenvalue weighted by Crippen LogP contribution is -2.39. The van der Waals surface area contributed by atoms with Gasteiger partial charge in [0.05, 0.1) is 30.5 Å². The van der Waals surface area contributed by atoms with Gasteiger partial charge in [-0.05, 0) is 42.2 Å². The molecule has 1 N–H and O–H groups in total. The molecule has 2 aliphatic rings. The smallest absolute Gasteiger partial charge is 0.271 e. The van der Waals surface area contributed by atoms with Crippen LogP contribution in [0.25, 0.3) is 11.8 Å². The molecule has 2 heterocycles. The number of aromatic nitrogens is 1. The molecule has 7 heteroatoms. The van der Waals surface area contributed by atoms with Crippen LogP contribution in [-0.2, 0) is 6.42 Å². The molecule has 0 radical (unpaired) electrons. The average molecular weight is 497 g/mol. The van der Waals surface area contributed by atoms with E-state index in [2.05, 4.69) is 18.2 Å². The van der Waals surface area contributed by atoms with Crippen molar-refractivity contribution in [3.05, 3.63) is 114 Å². The van der Waals surface area contributed by atoms with Crippen molar-refractivity contribution in [1.29, 1.82) is 0 Å². The number of nitrogens with zero attached hydrogens (tertiary/aromatic N) is 2. The quantitative estimate of drug-likeness (QED) is 0.463. The van der Waals surface area contributed by atoms with Crippen LogP contribution < -0.4 is 24.4 Å². The van der Waals surface area contributed by atoms with Gasteiger partial charge in [-0.2, -0.15) is 0 Å². The predicted octanol–water partition coefficient (Wildman–Crippen LogP) is 4.04. The number of aryl methyl sites for hydroxylation is 1. The first-order valence-corrected chi connectivity index (χ1v) is 12.5. The van der Waals surface area contributed by atoms with Crippen molar-refractivity contribution in [3.63, 3.8) is 0 Å². The van der Waals surface area contributed by atoms with E-state index in [-0.39, 0.29) is 17.4 Å². The first-order valence-electron chi connectivity index (χ1n) is 11.7. The van der Waals surface area contributed by atoms with Crippen LogP contribution >= 0.6 is 11.3 Å². The maximum atomic E-state index is 13.9. The van der Waals surface area contributed by atoms with Crippen LogP contribution in [0.1, 0.15) is 34.7 Å². The van der Waals surface area contributed by atoms with Gasteiger partial charge in [0.2, 0.25) is 0 Å². The maximum Gasteiger partial charge on any atom is 0.271 e. The fraction of sp³-hybridized carbons (Fsp3) is 0.172. The van der Waals surface area contributed by atoms with E-state index in [1.165, 1.54) is 24.0 Å². The lowest BCUT2D eigenvalue weighted by atomic mass is 9.83. The van der Waals surface area contributed by atoms with Gasteiger partial charge in [0.1, 0.15) is 5.75 Å². The molecule has 0 unspecified atom stereocenters. The van der Waals surface area contributed by atoms with E-state index in [1.54, 1.807) is 36.0 Å². The summed E-state index contributed by atoms with van der Waals surface area (Å²) in [7, 11) is 3.15. The van der Waals surface area contributed by atoms with Crippen molar-refractivity contribution >= 4 is 23.1 Å². The third-order valence-corrected chi connectivity index (χ3v) is 7.83. The molecule has 1 aliphatic carbocycles. The number of rotatable bonds is 4. The van der Waals surface area contributed by atoms with Gasteiger partial charge in [-0.1, -0.05) is 65.9 Å². The fourth-order valence-corrected chi connectivity index (χ4v) is 6.14. The Morgan fingerprint density at radius 2 is 1.72 bits per heavy atom. The van der Waals surface area contributed by atoms with E-state index in [0.717, 1.165) is 41.0 Å². The Hall–Kier alpha value is -4.10. The minimum Gasteiger partial charge on any atom is -0.504 e. The molecule has 1 atom stereocenters. The number of allylic oxidation sites excluding steroid dienone is 1. The molecular weight excluding hydrogens is 472 g/mol. The second-order valence-electron chi connectivity index (χ2n) is 8.75. The zero-order valence-electron chi connectivity index (χ0n) is 19.9. The lowest BCUT2D eigenvalue weighted by Gasteiger charge is -2.31. The summed E-state index contributed by atoms with van der Waals surface area (Å²) in [6, 6.07) is 21.1. The first-order chi connectivity index (χ1) is 17.6. The van der Waals surface area contributed by atoms with Gasteiger partial charge in [-0.25, -0.2) is 4.99 Å². The maximum absolute atomic E-state index is 13.9. The number of hydrogen-bond acceptors (Lipinski definition) is 6. The molecule has 1 aromatic heterocycles. The lowest BCUT2D eigenvalue weighted by molar-refractivity contribution is 0.373. The van der Waals surface area contributed by atoms with Crippen LogP contribution in [0, 0.1) is 0 Å². The summed E-state index contributed by atoms with van der Waals surface area (Å²) in [6.45, 7) is 0. The summed E-state index contributed by atoms with van der Waals surface area (Å²) in [5, 5.41) is 10.6. The van der Waals surface area contributed by atoms with Crippen molar-refractivity contribution in [2.45, 2.75) is 18.9 Å². The molecule has 0 saturated carbocycles. The number of phenolic OH excluding ortho intramolecular Hbond substituents is 1. The number of thiazole rings is 1. The highest BCUT2D eigenvalue weighted by molar-refractivity contribution is 7.07. The Morgan fingerprint density at radius 1 is 0.972 bits per heavy atom. The second-order valence-corrected chi connectivity index (χ2v) is 9.76. The van der Waals surface area contributed by atoms with Crippen molar-refractivity contribution in [3.8, 4) is 17.2 Å². The molecule has 4 aromatic rings. The van der Waals surface area contributed by atoms with Crippen LogP contribution in [0.4, 0.5) is 0 Å². The van der Waals surface area contributed by atoms with Crippen molar-refractivity contribution in [2.24, 2.45) is 4.99 Å². The Balaban J connectivity index is 1.64. The van der Waals surface area contributed by atoms with Gasteiger partial charge in [-0.3, -0.25) is 9.36 Å². The summed E-state index contributed by atoms with van der Waals surface area (Å²) < 4.78 is 13.2. The molecule has 36 heavy (non-hydrogen) atoms. The first kappa shape index (κ1) is 22.4. The van der Waals surface area contributed by atoms with Crippen molar-refractivity contribution < 1.29 is 14.6 Å². The van der Waals surface area contributed by atoms with E-state index in [1.807, 2.05) is 30.3 Å². The van der Waals surface area contributed by atoms with Gasteiger partial charge in [0.25, 0.3) is 5.56 Å². The number of ether oxygens (including phenoxy) is 2. The zero-order chi connectivity index (χ0) is 24.8. The van der Waals surface area contributed by atoms with Crippen LogP contribution in [0.2, 0.25) is 0 Å². The molecular formula is C29H24N2O4S. The van der Waals surface area contributed by atoms with Crippen LogP contribution in [0.5, 0.6) is 17.2 Å². The molecule has 0 saturated heterocycles. The molecule has 0 fully saturated rings. The highest BCUT2D eigenvalue weighted by Gasteiger charge is 2.34. The van der Waals surface area contributed by atoms with Gasteiger partial charge in [0, 0.05) is 16.7 Å². The number of methoxy groups -OCH3 is 2. The van der Waals surface area contributed by atoms with E-state index >= 15 is 0 Å². The van der Waals surface area contributed by atoms with Gasteiger partial charge in [0.15, 0.2) is 16.3 Å². The van der Waals surface area contributed by atoms with E-state index < -0.39 is 0 Å². The highest BCUT2D eigenvalue weighted by atomic mass is 32.1. The summed E-state index contributed by atoms with van der Waals surface area (Å²) in [6.07, 6.45) is 3.40. The summed E-state index contributed by atoms with van der Waals surface area (Å²) in [4.78, 5) is 19.6. The molecule has 1 aliphatic heterocycles. The van der Waals surface area contributed by atoms with Gasteiger partial charge < -0.3 is 14.6 Å². The van der Waals surface area contributed by atoms with Crippen LogP contribution in [-0.4, -0.2) is 23.9 Å². The van der Waals surface area contributed by atoms with Gasteiger partial charge >= 0.3 is 0 Å². The van der Waals surface area contributed by atoms with Gasteiger partial charge in [-0.15, -0.1) is 0 Å². The topological polar surface area (TPSA) is 73.1 Å². The van der Waals surface area contributed by atoms with Crippen molar-refractivity contribution in [1.82, 2.24) is 4.57 Å². The molecule has 0 spiro atoms. The van der Waals surface area contributed by atoms with E-state index in [4.69, 9.17) is 14.5 Å². The fourth-order valence-electron chi connectivity index (χ4n) is 5.15. The normalized spacial score (nSPS) is 16.6. The van der Waals surface area contributed by atoms with E-state index in [9.17, 15) is 9.90 Å². The number of para-hydroxylation sites is 2. The second kappa shape index (κ2) is 8.84. The number of benzene rings is 3. The average Bonchev–Trinajstić information content (AvgIpc) is 3.23. The molecule has 6 rings (SSSR count). The molecule has 0 amide bonds. The highest BCUT2D eigenvalue weighted by Crippen LogP contribution is 2.43. The van der Waals surface area contributed by atoms with Crippen LogP contribution in [0.15, 0.2) is 82.1 Å². The summed E-state index contributed by atoms with van der Waals surface area (Å²) in [5.74, 6) is 1.09. The Kier molecular flexibility index (Phi) is 5.49. The minimum absolute atomic E-state index is 0.000311. The van der Waals surface area contributed by atoms with Crippen LogP contribution in [0.3, 0.4) is 0 Å². The standard InChI is InChI=1S/C29H24N2O4S/c1-34-22-12-6-5-11-20(22)26-21-15-14-17-8-3-4-10-19(17)25(21)30-29-31(26)28(33)24(36-29)16-18-9-7-13-23(35-2)27(18)32/h3-13,16,26,32H,14-15H2,1-2H3/b24-16-/t26-/m0/s1. The third kappa shape index (κ3) is 3.46. The largest absolute Gasteiger partial charge is 0.504 e. The Labute approximate surface area is 211 Å². The number of phenols is 1. The number of hydrogen-bond donors (Lipinski definition) is 1. The molecule has 0 bridgehead atoms. The number of fused-ring (bicyclic) bond motifs is 3. The monoisotopic (exact) mass is 496 g/mol.